The molecule has 3 heteroatoms. The topological polar surface area (TPSA) is 17.4 Å². The third kappa shape index (κ3) is 3.87. The molecule has 1 fully saturated rings. The molecular formula is C32H36N2O. The van der Waals surface area contributed by atoms with Gasteiger partial charge in [-0.1, -0.05) is 54.1 Å². The Bertz CT molecular complexity index is 1360. The van der Waals surface area contributed by atoms with Crippen LogP contribution in [-0.4, -0.2) is 36.2 Å². The van der Waals surface area contributed by atoms with Crippen molar-refractivity contribution in [3.8, 4) is 5.75 Å². The first-order valence-electron chi connectivity index (χ1n) is 13.0. The summed E-state index contributed by atoms with van der Waals surface area (Å²) in [7, 11) is 4.05. The van der Waals surface area contributed by atoms with Gasteiger partial charge in [0.25, 0.3) is 0 Å². The van der Waals surface area contributed by atoms with Crippen molar-refractivity contribution >= 4 is 10.9 Å². The van der Waals surface area contributed by atoms with Crippen molar-refractivity contribution in [3.63, 3.8) is 0 Å². The van der Waals surface area contributed by atoms with Crippen LogP contribution in [0.4, 0.5) is 0 Å². The average Bonchev–Trinajstić information content (AvgIpc) is 3.16. The zero-order valence-corrected chi connectivity index (χ0v) is 21.3. The highest BCUT2D eigenvalue weighted by atomic mass is 16.5. The molecule has 6 rings (SSSR count). The number of piperidine rings is 1. The number of rotatable bonds is 5. The highest BCUT2D eigenvalue weighted by Crippen LogP contribution is 2.50. The van der Waals surface area contributed by atoms with Gasteiger partial charge in [0.05, 0.1) is 7.11 Å². The molecule has 0 bridgehead atoms. The molecule has 1 saturated heterocycles. The molecule has 4 aromatic rings. The largest absolute Gasteiger partial charge is 0.497 e. The van der Waals surface area contributed by atoms with Gasteiger partial charge in [0, 0.05) is 42.1 Å². The van der Waals surface area contributed by atoms with Crippen LogP contribution in [0.25, 0.3) is 10.9 Å². The summed E-state index contributed by atoms with van der Waals surface area (Å²) in [5.74, 6) is 1.57. The van der Waals surface area contributed by atoms with Crippen LogP contribution in [0.15, 0.2) is 72.8 Å². The highest BCUT2D eigenvalue weighted by molar-refractivity contribution is 5.86. The fourth-order valence-electron chi connectivity index (χ4n) is 6.87. The second-order valence-electron chi connectivity index (χ2n) is 10.8. The Kier molecular flexibility index (Phi) is 5.69. The van der Waals surface area contributed by atoms with Gasteiger partial charge in [-0.2, -0.15) is 0 Å². The standard InChI is InChI=1S/C32H36N2O/c1-23-12-13-30-28(18-23)29-20-26-22-34(16-14-24-8-5-4-6-9-24)17-15-32(26,21-31(29)33(30)2)25-10-7-11-27(19-25)35-3/h4-13,18-19,26H,14-17,20-22H2,1-3H3. The highest BCUT2D eigenvalue weighted by Gasteiger charge is 2.48. The molecule has 2 atom stereocenters. The maximum absolute atomic E-state index is 5.67. The first-order chi connectivity index (χ1) is 17.1. The SMILES string of the molecule is COc1cccc(C23CCN(CCc4ccccc4)CC2Cc2c(n(C)c4ccc(C)cc24)C3)c1. The lowest BCUT2D eigenvalue weighted by Gasteiger charge is -2.51. The monoisotopic (exact) mass is 464 g/mol. The third-order valence-electron chi connectivity index (χ3n) is 8.86. The Morgan fingerprint density at radius 3 is 2.69 bits per heavy atom. The lowest BCUT2D eigenvalue weighted by atomic mass is 9.58. The predicted molar refractivity (Wildman–Crippen MR) is 144 cm³/mol. The molecular weight excluding hydrogens is 428 g/mol. The summed E-state index contributed by atoms with van der Waals surface area (Å²) in [5.41, 5.74) is 8.89. The summed E-state index contributed by atoms with van der Waals surface area (Å²) in [6.07, 6.45) is 4.57. The summed E-state index contributed by atoms with van der Waals surface area (Å²) in [6.45, 7) is 5.66. The number of benzene rings is 3. The minimum absolute atomic E-state index is 0.155. The number of fused-ring (bicyclic) bond motifs is 4. The minimum atomic E-state index is 0.155. The molecule has 2 heterocycles. The number of nitrogens with zero attached hydrogens (tertiary/aromatic N) is 2. The summed E-state index contributed by atoms with van der Waals surface area (Å²) >= 11 is 0. The zero-order chi connectivity index (χ0) is 24.0. The third-order valence-corrected chi connectivity index (χ3v) is 8.86. The number of likely N-dealkylation sites (tertiary alicyclic amines) is 1. The van der Waals surface area contributed by atoms with E-state index >= 15 is 0 Å². The quantitative estimate of drug-likeness (QED) is 0.355. The van der Waals surface area contributed by atoms with E-state index in [2.05, 4.69) is 96.2 Å². The van der Waals surface area contributed by atoms with Gasteiger partial charge in [-0.15, -0.1) is 0 Å². The van der Waals surface area contributed by atoms with E-state index in [4.69, 9.17) is 4.74 Å². The van der Waals surface area contributed by atoms with Crippen LogP contribution >= 0.6 is 0 Å². The smallest absolute Gasteiger partial charge is 0.119 e. The first-order valence-corrected chi connectivity index (χ1v) is 13.0. The van der Waals surface area contributed by atoms with Crippen molar-refractivity contribution in [2.75, 3.05) is 26.7 Å². The molecule has 0 saturated carbocycles. The van der Waals surface area contributed by atoms with Crippen LogP contribution in [0.2, 0.25) is 0 Å². The number of ether oxygens (including phenoxy) is 1. The van der Waals surface area contributed by atoms with E-state index in [1.165, 1.54) is 39.7 Å². The molecule has 1 aliphatic carbocycles. The van der Waals surface area contributed by atoms with Crippen LogP contribution in [-0.2, 0) is 31.7 Å². The van der Waals surface area contributed by atoms with Crippen LogP contribution in [0.5, 0.6) is 5.75 Å². The average molecular weight is 465 g/mol. The van der Waals surface area contributed by atoms with Gasteiger partial charge in [0.1, 0.15) is 5.75 Å². The van der Waals surface area contributed by atoms with Gasteiger partial charge in [0.15, 0.2) is 0 Å². The molecule has 1 aromatic heterocycles. The van der Waals surface area contributed by atoms with E-state index in [1.807, 2.05) is 0 Å². The van der Waals surface area contributed by atoms with Crippen molar-refractivity contribution in [1.29, 1.82) is 0 Å². The molecule has 3 aromatic carbocycles. The number of hydrogen-bond acceptors (Lipinski definition) is 2. The Balaban J connectivity index is 1.39. The lowest BCUT2D eigenvalue weighted by Crippen LogP contribution is -2.54. The fraction of sp³-hybridized carbons (Fsp3) is 0.375. The Morgan fingerprint density at radius 1 is 1.00 bits per heavy atom. The van der Waals surface area contributed by atoms with Gasteiger partial charge < -0.3 is 14.2 Å². The predicted octanol–water partition coefficient (Wildman–Crippen LogP) is 6.10. The number of aryl methyl sites for hydroxylation is 2. The van der Waals surface area contributed by atoms with Crippen LogP contribution in [0.1, 0.15) is 34.4 Å². The summed E-state index contributed by atoms with van der Waals surface area (Å²) in [5, 5.41) is 1.46. The van der Waals surface area contributed by atoms with Crippen molar-refractivity contribution in [2.45, 2.75) is 38.0 Å². The second-order valence-corrected chi connectivity index (χ2v) is 10.8. The van der Waals surface area contributed by atoms with Crippen molar-refractivity contribution in [3.05, 3.63) is 101 Å². The van der Waals surface area contributed by atoms with Crippen LogP contribution < -0.4 is 4.74 Å². The normalized spacial score (nSPS) is 22.1. The Labute approximate surface area is 209 Å². The molecule has 0 N–H and O–H groups in total. The van der Waals surface area contributed by atoms with Gasteiger partial charge in [-0.3, -0.25) is 0 Å². The van der Waals surface area contributed by atoms with Crippen LogP contribution in [0, 0.1) is 12.8 Å². The second kappa shape index (κ2) is 8.87. The molecule has 0 amide bonds. The van der Waals surface area contributed by atoms with E-state index in [9.17, 15) is 0 Å². The molecule has 2 unspecified atom stereocenters. The lowest BCUT2D eigenvalue weighted by molar-refractivity contribution is 0.0815. The Hall–Kier alpha value is -3.04. The molecule has 0 spiro atoms. The summed E-state index contributed by atoms with van der Waals surface area (Å²) < 4.78 is 8.15. The van der Waals surface area contributed by atoms with Crippen LogP contribution in [0.3, 0.4) is 0 Å². The Morgan fingerprint density at radius 2 is 1.86 bits per heavy atom. The number of aromatic nitrogens is 1. The molecule has 3 nitrogen and oxygen atoms in total. The van der Waals surface area contributed by atoms with E-state index in [0.29, 0.717) is 5.92 Å². The molecule has 35 heavy (non-hydrogen) atoms. The number of methoxy groups -OCH3 is 1. The maximum Gasteiger partial charge on any atom is 0.119 e. The number of hydrogen-bond donors (Lipinski definition) is 0. The van der Waals surface area contributed by atoms with E-state index in [0.717, 1.165) is 44.6 Å². The van der Waals surface area contributed by atoms with E-state index in [1.54, 1.807) is 12.7 Å². The van der Waals surface area contributed by atoms with Crippen molar-refractivity contribution in [1.82, 2.24) is 9.47 Å². The molecule has 0 radical (unpaired) electrons. The van der Waals surface area contributed by atoms with E-state index < -0.39 is 0 Å². The maximum atomic E-state index is 5.67. The van der Waals surface area contributed by atoms with Gasteiger partial charge in [-0.05, 0) is 86.0 Å². The summed E-state index contributed by atoms with van der Waals surface area (Å²) in [6, 6.07) is 26.8. The minimum Gasteiger partial charge on any atom is -0.497 e. The molecule has 180 valence electrons. The fourth-order valence-corrected chi connectivity index (χ4v) is 6.87. The first kappa shape index (κ1) is 22.4. The van der Waals surface area contributed by atoms with Crippen molar-refractivity contribution in [2.24, 2.45) is 13.0 Å². The molecule has 1 aliphatic heterocycles. The van der Waals surface area contributed by atoms with Gasteiger partial charge in [-0.25, -0.2) is 0 Å². The summed E-state index contributed by atoms with van der Waals surface area (Å²) in [4.78, 5) is 2.72. The zero-order valence-electron chi connectivity index (χ0n) is 21.3. The van der Waals surface area contributed by atoms with Gasteiger partial charge >= 0.3 is 0 Å². The van der Waals surface area contributed by atoms with Gasteiger partial charge in [0.2, 0.25) is 0 Å². The molecule has 2 aliphatic rings. The van der Waals surface area contributed by atoms with E-state index in [-0.39, 0.29) is 5.41 Å². The van der Waals surface area contributed by atoms with Crippen molar-refractivity contribution < 1.29 is 4.74 Å².